The lowest BCUT2D eigenvalue weighted by atomic mass is 10.1. The predicted octanol–water partition coefficient (Wildman–Crippen LogP) is 1.29. The number of amides is 2. The van der Waals surface area contributed by atoms with Gasteiger partial charge >= 0.3 is 0 Å². The fourth-order valence-electron chi connectivity index (χ4n) is 2.99. The van der Waals surface area contributed by atoms with Gasteiger partial charge in [-0.05, 0) is 24.3 Å². The molecule has 0 radical (unpaired) electrons. The molecule has 0 aliphatic rings. The van der Waals surface area contributed by atoms with Crippen LogP contribution < -0.4 is 16.2 Å². The normalized spacial score (nSPS) is 10.8. The number of rotatable bonds is 6. The van der Waals surface area contributed by atoms with Crippen LogP contribution in [0.1, 0.15) is 16.1 Å². The highest BCUT2D eigenvalue weighted by Crippen LogP contribution is 2.15. The number of para-hydroxylation sites is 1. The molecule has 0 saturated carbocycles. The highest BCUT2D eigenvalue weighted by molar-refractivity contribution is 6.03. The summed E-state index contributed by atoms with van der Waals surface area (Å²) in [7, 11) is 1.68. The fraction of sp³-hybridized carbons (Fsp3) is 0.150. The third-order valence-electron chi connectivity index (χ3n) is 4.48. The average Bonchev–Trinajstić information content (AvgIpc) is 3.39. The Morgan fingerprint density at radius 2 is 2.00 bits per heavy atom. The summed E-state index contributed by atoms with van der Waals surface area (Å²) in [5.41, 5.74) is 0.705. The molecular weight excluding hydrogens is 388 g/mol. The summed E-state index contributed by atoms with van der Waals surface area (Å²) in [4.78, 5) is 41.7. The van der Waals surface area contributed by atoms with Gasteiger partial charge in [-0.25, -0.2) is 4.98 Å². The topological polar surface area (TPSA) is 124 Å². The van der Waals surface area contributed by atoms with Crippen molar-refractivity contribution < 1.29 is 14.0 Å². The summed E-state index contributed by atoms with van der Waals surface area (Å²) < 4.78 is 7.87. The van der Waals surface area contributed by atoms with Crippen LogP contribution in [0.2, 0.25) is 0 Å². The van der Waals surface area contributed by atoms with Crippen LogP contribution in [0, 0.1) is 0 Å². The number of carbonyl (C=O) groups excluding carboxylic acids is 2. The molecule has 10 heteroatoms. The van der Waals surface area contributed by atoms with E-state index in [1.807, 2.05) is 0 Å². The molecule has 152 valence electrons. The van der Waals surface area contributed by atoms with Crippen LogP contribution in [-0.2, 0) is 24.9 Å². The molecule has 1 aromatic carbocycles. The Hall–Kier alpha value is -4.21. The molecule has 0 spiro atoms. The maximum Gasteiger partial charge on any atom is 0.264 e. The predicted molar refractivity (Wildman–Crippen MR) is 108 cm³/mol. The molecule has 4 rings (SSSR count). The van der Waals surface area contributed by atoms with E-state index in [1.54, 1.807) is 43.4 Å². The minimum atomic E-state index is -0.464. The quantitative estimate of drug-likeness (QED) is 0.497. The van der Waals surface area contributed by atoms with E-state index in [-0.39, 0.29) is 24.6 Å². The van der Waals surface area contributed by atoms with E-state index in [4.69, 9.17) is 4.42 Å². The average molecular weight is 406 g/mol. The van der Waals surface area contributed by atoms with Crippen molar-refractivity contribution in [2.45, 2.75) is 13.1 Å². The van der Waals surface area contributed by atoms with E-state index in [2.05, 4.69) is 20.7 Å². The van der Waals surface area contributed by atoms with Gasteiger partial charge in [0.1, 0.15) is 24.0 Å². The summed E-state index contributed by atoms with van der Waals surface area (Å²) in [6.45, 7) is -0.0285. The van der Waals surface area contributed by atoms with Crippen molar-refractivity contribution >= 4 is 28.5 Å². The van der Waals surface area contributed by atoms with Gasteiger partial charge in [-0.3, -0.25) is 23.6 Å². The van der Waals surface area contributed by atoms with Crippen LogP contribution in [0.3, 0.4) is 0 Å². The number of nitrogens with zero attached hydrogens (tertiary/aromatic N) is 4. The van der Waals surface area contributed by atoms with Crippen LogP contribution in [0.25, 0.3) is 11.0 Å². The number of aromatic nitrogens is 4. The number of hydrogen-bond donors (Lipinski definition) is 2. The number of anilines is 1. The summed E-state index contributed by atoms with van der Waals surface area (Å²) in [6.07, 6.45) is 4.24. The van der Waals surface area contributed by atoms with Crippen molar-refractivity contribution in [2.75, 3.05) is 5.32 Å². The van der Waals surface area contributed by atoms with E-state index in [1.165, 1.54) is 28.0 Å². The minimum Gasteiger partial charge on any atom is -0.467 e. The maximum absolute atomic E-state index is 12.5. The Morgan fingerprint density at radius 3 is 2.80 bits per heavy atom. The zero-order valence-corrected chi connectivity index (χ0v) is 16.0. The molecule has 0 fully saturated rings. The Morgan fingerprint density at radius 1 is 1.17 bits per heavy atom. The van der Waals surface area contributed by atoms with Crippen molar-refractivity contribution in [3.63, 3.8) is 0 Å². The number of hydrogen-bond acceptors (Lipinski definition) is 6. The van der Waals surface area contributed by atoms with Crippen molar-refractivity contribution in [3.8, 4) is 0 Å². The molecule has 0 aliphatic heterocycles. The Labute approximate surface area is 170 Å². The van der Waals surface area contributed by atoms with Crippen molar-refractivity contribution in [3.05, 3.63) is 76.9 Å². The first-order valence-electron chi connectivity index (χ1n) is 9.09. The number of furan rings is 1. The maximum atomic E-state index is 12.5. The fourth-order valence-corrected chi connectivity index (χ4v) is 2.99. The molecule has 4 aromatic rings. The lowest BCUT2D eigenvalue weighted by Crippen LogP contribution is -2.29. The summed E-state index contributed by atoms with van der Waals surface area (Å²) in [5, 5.41) is 9.75. The molecule has 30 heavy (non-hydrogen) atoms. The van der Waals surface area contributed by atoms with Crippen LogP contribution in [0.5, 0.6) is 0 Å². The first-order chi connectivity index (χ1) is 14.5. The number of aryl methyl sites for hydroxylation is 1. The number of carbonyl (C=O) groups is 2. The number of benzene rings is 1. The first kappa shape index (κ1) is 19.1. The molecule has 3 aromatic heterocycles. The van der Waals surface area contributed by atoms with E-state index >= 15 is 0 Å². The molecule has 2 N–H and O–H groups in total. The van der Waals surface area contributed by atoms with Crippen LogP contribution in [-0.4, -0.2) is 31.1 Å². The van der Waals surface area contributed by atoms with Gasteiger partial charge in [0.05, 0.1) is 30.3 Å². The smallest absolute Gasteiger partial charge is 0.264 e. The largest absolute Gasteiger partial charge is 0.467 e. The molecule has 0 aliphatic carbocycles. The highest BCUT2D eigenvalue weighted by Gasteiger charge is 2.15. The second-order valence-corrected chi connectivity index (χ2v) is 6.54. The Bertz CT molecular complexity index is 1270. The molecule has 0 bridgehead atoms. The summed E-state index contributed by atoms with van der Waals surface area (Å²) in [5.74, 6) is -0.214. The Kier molecular flexibility index (Phi) is 5.12. The number of nitrogens with one attached hydrogen (secondary N) is 2. The molecule has 0 atom stereocenters. The van der Waals surface area contributed by atoms with Gasteiger partial charge in [-0.15, -0.1) is 0 Å². The monoisotopic (exact) mass is 406 g/mol. The van der Waals surface area contributed by atoms with Gasteiger partial charge in [0.15, 0.2) is 5.65 Å². The third-order valence-corrected chi connectivity index (χ3v) is 4.48. The SMILES string of the molecule is Cn1ncc2c(=O)n(CC(=O)Nc3ccccc3C(=O)NCc3ccco3)cnc21. The molecule has 0 saturated heterocycles. The van der Waals surface area contributed by atoms with Gasteiger partial charge in [0.25, 0.3) is 11.5 Å². The molecule has 10 nitrogen and oxygen atoms in total. The first-order valence-corrected chi connectivity index (χ1v) is 9.09. The summed E-state index contributed by atoms with van der Waals surface area (Å²) in [6, 6.07) is 10.1. The zero-order valence-electron chi connectivity index (χ0n) is 16.0. The zero-order chi connectivity index (χ0) is 21.1. The van der Waals surface area contributed by atoms with Gasteiger partial charge in [0.2, 0.25) is 5.91 Å². The van der Waals surface area contributed by atoms with E-state index < -0.39 is 5.91 Å². The minimum absolute atomic E-state index is 0.223. The molecular formula is C20H18N6O4. The number of fused-ring (bicyclic) bond motifs is 1. The van der Waals surface area contributed by atoms with Crippen molar-refractivity contribution in [1.82, 2.24) is 24.6 Å². The van der Waals surface area contributed by atoms with Gasteiger partial charge < -0.3 is 15.1 Å². The van der Waals surface area contributed by atoms with E-state index in [0.29, 0.717) is 28.0 Å². The van der Waals surface area contributed by atoms with Gasteiger partial charge in [0, 0.05) is 7.05 Å². The molecule has 0 unspecified atom stereocenters. The lowest BCUT2D eigenvalue weighted by Gasteiger charge is -2.12. The standard InChI is InChI=1S/C20H18N6O4/c1-25-18-15(10-23-25)20(29)26(12-22-18)11-17(27)24-16-7-3-2-6-14(16)19(28)21-9-13-5-4-8-30-13/h2-8,10,12H,9,11H2,1H3,(H,21,28)(H,24,27). The second-order valence-electron chi connectivity index (χ2n) is 6.54. The van der Waals surface area contributed by atoms with Crippen molar-refractivity contribution in [2.24, 2.45) is 7.05 Å². The summed E-state index contributed by atoms with van der Waals surface area (Å²) >= 11 is 0. The second kappa shape index (κ2) is 8.03. The molecule has 3 heterocycles. The lowest BCUT2D eigenvalue weighted by molar-refractivity contribution is -0.116. The molecule has 2 amide bonds. The van der Waals surface area contributed by atoms with Crippen molar-refractivity contribution in [1.29, 1.82) is 0 Å². The van der Waals surface area contributed by atoms with Gasteiger partial charge in [-0.1, -0.05) is 12.1 Å². The van der Waals surface area contributed by atoms with E-state index in [0.717, 1.165) is 0 Å². The van der Waals surface area contributed by atoms with Gasteiger partial charge in [-0.2, -0.15) is 5.10 Å². The van der Waals surface area contributed by atoms with Crippen LogP contribution >= 0.6 is 0 Å². The Balaban J connectivity index is 1.48. The third kappa shape index (κ3) is 3.83. The van der Waals surface area contributed by atoms with Crippen LogP contribution in [0.4, 0.5) is 5.69 Å². The van der Waals surface area contributed by atoms with E-state index in [9.17, 15) is 14.4 Å². The highest BCUT2D eigenvalue weighted by atomic mass is 16.3. The van der Waals surface area contributed by atoms with Crippen LogP contribution in [0.15, 0.2) is 64.4 Å².